The SMILES string of the molecule is Cc1ccc(-c2ccc(NC(=O)[C@@](C)(N)CO)cc2)cc1. The Labute approximate surface area is 124 Å². The van der Waals surface area contributed by atoms with Crippen molar-refractivity contribution in [3.63, 3.8) is 0 Å². The van der Waals surface area contributed by atoms with E-state index >= 15 is 0 Å². The lowest BCUT2D eigenvalue weighted by Crippen LogP contribution is -2.51. The molecule has 21 heavy (non-hydrogen) atoms. The minimum Gasteiger partial charge on any atom is -0.394 e. The van der Waals surface area contributed by atoms with E-state index in [0.717, 1.165) is 11.1 Å². The average Bonchev–Trinajstić information content (AvgIpc) is 2.49. The van der Waals surface area contributed by atoms with Gasteiger partial charge in [-0.1, -0.05) is 42.0 Å². The minimum atomic E-state index is -1.28. The van der Waals surface area contributed by atoms with E-state index in [0.29, 0.717) is 5.69 Å². The molecule has 0 bridgehead atoms. The van der Waals surface area contributed by atoms with E-state index in [4.69, 9.17) is 10.8 Å². The van der Waals surface area contributed by atoms with Gasteiger partial charge in [-0.25, -0.2) is 0 Å². The quantitative estimate of drug-likeness (QED) is 0.806. The molecule has 2 rings (SSSR count). The number of carbonyl (C=O) groups is 1. The van der Waals surface area contributed by atoms with Crippen LogP contribution in [0.25, 0.3) is 11.1 Å². The Morgan fingerprint density at radius 2 is 1.57 bits per heavy atom. The third-order valence-corrected chi connectivity index (χ3v) is 3.37. The zero-order valence-electron chi connectivity index (χ0n) is 12.3. The van der Waals surface area contributed by atoms with Crippen molar-refractivity contribution in [2.45, 2.75) is 19.4 Å². The normalized spacial score (nSPS) is 13.5. The zero-order chi connectivity index (χ0) is 15.5. The fourth-order valence-electron chi connectivity index (χ4n) is 1.84. The first kappa shape index (κ1) is 15.2. The molecule has 0 aliphatic rings. The first-order valence-electron chi connectivity index (χ1n) is 6.81. The lowest BCUT2D eigenvalue weighted by atomic mass is 10.0. The second-order valence-electron chi connectivity index (χ2n) is 5.47. The molecule has 4 nitrogen and oxygen atoms in total. The van der Waals surface area contributed by atoms with Gasteiger partial charge in [0.1, 0.15) is 5.54 Å². The molecular formula is C17H20N2O2. The van der Waals surface area contributed by atoms with Crippen LogP contribution in [0.4, 0.5) is 5.69 Å². The maximum absolute atomic E-state index is 11.9. The van der Waals surface area contributed by atoms with Crippen molar-refractivity contribution >= 4 is 11.6 Å². The van der Waals surface area contributed by atoms with E-state index in [1.54, 1.807) is 0 Å². The highest BCUT2D eigenvalue weighted by atomic mass is 16.3. The zero-order valence-corrected chi connectivity index (χ0v) is 12.3. The van der Waals surface area contributed by atoms with Crippen LogP contribution in [-0.2, 0) is 4.79 Å². The largest absolute Gasteiger partial charge is 0.394 e. The molecule has 0 aliphatic carbocycles. The molecule has 110 valence electrons. The number of carbonyl (C=O) groups excluding carboxylic acids is 1. The first-order chi connectivity index (χ1) is 9.92. The predicted molar refractivity (Wildman–Crippen MR) is 84.9 cm³/mol. The van der Waals surface area contributed by atoms with Crippen LogP contribution in [0.1, 0.15) is 12.5 Å². The van der Waals surface area contributed by atoms with Crippen LogP contribution >= 0.6 is 0 Å². The summed E-state index contributed by atoms with van der Waals surface area (Å²) in [6.45, 7) is 3.14. The van der Waals surface area contributed by atoms with Crippen LogP contribution in [0.5, 0.6) is 0 Å². The highest BCUT2D eigenvalue weighted by molar-refractivity contribution is 5.97. The van der Waals surface area contributed by atoms with Crippen LogP contribution in [0.2, 0.25) is 0 Å². The van der Waals surface area contributed by atoms with E-state index in [9.17, 15) is 4.79 Å². The van der Waals surface area contributed by atoms with Crippen molar-refractivity contribution in [3.05, 3.63) is 54.1 Å². The van der Waals surface area contributed by atoms with Crippen molar-refractivity contribution in [3.8, 4) is 11.1 Å². The Hall–Kier alpha value is -2.17. The maximum atomic E-state index is 11.9. The number of anilines is 1. The summed E-state index contributed by atoms with van der Waals surface area (Å²) < 4.78 is 0. The van der Waals surface area contributed by atoms with E-state index in [2.05, 4.69) is 29.6 Å². The molecule has 0 fully saturated rings. The standard InChI is InChI=1S/C17H20N2O2/c1-12-3-5-13(6-4-12)14-7-9-15(10-8-14)19-16(21)17(2,18)11-20/h3-10,20H,11,18H2,1-2H3,(H,19,21)/t17-/m0/s1. The van der Waals surface area contributed by atoms with Crippen molar-refractivity contribution in [1.29, 1.82) is 0 Å². The molecule has 4 heteroatoms. The van der Waals surface area contributed by atoms with Gasteiger partial charge in [-0.05, 0) is 37.1 Å². The molecule has 1 atom stereocenters. The number of hydrogen-bond donors (Lipinski definition) is 3. The summed E-state index contributed by atoms with van der Waals surface area (Å²) in [7, 11) is 0. The molecule has 0 aromatic heterocycles. The fraction of sp³-hybridized carbons (Fsp3) is 0.235. The molecule has 0 heterocycles. The number of nitrogens with one attached hydrogen (secondary N) is 1. The Bertz CT molecular complexity index is 616. The van der Waals surface area contributed by atoms with Gasteiger partial charge < -0.3 is 16.2 Å². The van der Waals surface area contributed by atoms with Crippen molar-refractivity contribution in [2.75, 3.05) is 11.9 Å². The van der Waals surface area contributed by atoms with Crippen LogP contribution in [0, 0.1) is 6.92 Å². The Kier molecular flexibility index (Phi) is 4.40. The summed E-state index contributed by atoms with van der Waals surface area (Å²) in [6, 6.07) is 15.8. The number of rotatable bonds is 4. The number of benzene rings is 2. The van der Waals surface area contributed by atoms with Crippen LogP contribution in [0.15, 0.2) is 48.5 Å². The molecular weight excluding hydrogens is 264 g/mol. The van der Waals surface area contributed by atoms with Crippen molar-refractivity contribution in [2.24, 2.45) is 5.73 Å². The summed E-state index contributed by atoms with van der Waals surface area (Å²) in [5.74, 6) is -0.409. The molecule has 0 aliphatic heterocycles. The van der Waals surface area contributed by atoms with Gasteiger partial charge in [0.05, 0.1) is 6.61 Å². The molecule has 0 unspecified atom stereocenters. The van der Waals surface area contributed by atoms with Crippen LogP contribution < -0.4 is 11.1 Å². The van der Waals surface area contributed by atoms with Gasteiger partial charge in [0.15, 0.2) is 0 Å². The van der Waals surface area contributed by atoms with E-state index in [-0.39, 0.29) is 0 Å². The number of aryl methyl sites for hydroxylation is 1. The Morgan fingerprint density at radius 3 is 2.05 bits per heavy atom. The smallest absolute Gasteiger partial charge is 0.246 e. The summed E-state index contributed by atoms with van der Waals surface area (Å²) in [5.41, 5.74) is 8.47. The Morgan fingerprint density at radius 1 is 1.10 bits per heavy atom. The van der Waals surface area contributed by atoms with Gasteiger partial charge in [0.2, 0.25) is 5.91 Å². The highest BCUT2D eigenvalue weighted by Gasteiger charge is 2.27. The van der Waals surface area contributed by atoms with E-state index < -0.39 is 18.1 Å². The van der Waals surface area contributed by atoms with Gasteiger partial charge in [0, 0.05) is 5.69 Å². The van der Waals surface area contributed by atoms with E-state index in [1.807, 2.05) is 31.2 Å². The number of amides is 1. The summed E-state index contributed by atoms with van der Waals surface area (Å²) in [6.07, 6.45) is 0. The molecule has 4 N–H and O–H groups in total. The molecule has 0 saturated heterocycles. The Balaban J connectivity index is 2.12. The van der Waals surface area contributed by atoms with Crippen molar-refractivity contribution < 1.29 is 9.90 Å². The number of nitrogens with two attached hydrogens (primary N) is 1. The first-order valence-corrected chi connectivity index (χ1v) is 6.81. The second-order valence-corrected chi connectivity index (χ2v) is 5.47. The molecule has 2 aromatic carbocycles. The third-order valence-electron chi connectivity index (χ3n) is 3.37. The number of aliphatic hydroxyl groups is 1. The highest BCUT2D eigenvalue weighted by Crippen LogP contribution is 2.22. The summed E-state index contributed by atoms with van der Waals surface area (Å²) in [4.78, 5) is 11.9. The third kappa shape index (κ3) is 3.68. The minimum absolute atomic E-state index is 0.402. The van der Waals surface area contributed by atoms with Crippen molar-refractivity contribution in [1.82, 2.24) is 0 Å². The van der Waals surface area contributed by atoms with Gasteiger partial charge >= 0.3 is 0 Å². The van der Waals surface area contributed by atoms with Gasteiger partial charge in [0.25, 0.3) is 0 Å². The lowest BCUT2D eigenvalue weighted by Gasteiger charge is -2.20. The molecule has 0 saturated carbocycles. The lowest BCUT2D eigenvalue weighted by molar-refractivity contribution is -0.121. The summed E-state index contributed by atoms with van der Waals surface area (Å²) >= 11 is 0. The predicted octanol–water partition coefficient (Wildman–Crippen LogP) is 2.31. The monoisotopic (exact) mass is 284 g/mol. The summed E-state index contributed by atoms with van der Waals surface area (Å²) in [5, 5.41) is 11.8. The van der Waals surface area contributed by atoms with Gasteiger partial charge in [-0.15, -0.1) is 0 Å². The molecule has 0 spiro atoms. The topological polar surface area (TPSA) is 75.4 Å². The number of aliphatic hydroxyl groups excluding tert-OH is 1. The molecule has 0 radical (unpaired) electrons. The van der Waals surface area contributed by atoms with Gasteiger partial charge in [-0.2, -0.15) is 0 Å². The molecule has 1 amide bonds. The van der Waals surface area contributed by atoms with Crippen LogP contribution in [-0.4, -0.2) is 23.2 Å². The van der Waals surface area contributed by atoms with E-state index in [1.165, 1.54) is 12.5 Å². The average molecular weight is 284 g/mol. The second kappa shape index (κ2) is 6.08. The van der Waals surface area contributed by atoms with Crippen LogP contribution in [0.3, 0.4) is 0 Å². The fourth-order valence-corrected chi connectivity index (χ4v) is 1.84. The molecule has 2 aromatic rings. The maximum Gasteiger partial charge on any atom is 0.246 e. The van der Waals surface area contributed by atoms with Gasteiger partial charge in [-0.3, -0.25) is 4.79 Å². The number of hydrogen-bond acceptors (Lipinski definition) is 3.